The van der Waals surface area contributed by atoms with Crippen molar-refractivity contribution in [3.63, 3.8) is 0 Å². The number of hydrogen-bond donors (Lipinski definition) is 2. The van der Waals surface area contributed by atoms with Crippen LogP contribution in [0.1, 0.15) is 17.0 Å². The van der Waals surface area contributed by atoms with Gasteiger partial charge in [0.05, 0.1) is 20.8 Å². The monoisotopic (exact) mass is 318 g/mol. The quantitative estimate of drug-likeness (QED) is 0.811. The van der Waals surface area contributed by atoms with E-state index in [2.05, 4.69) is 19.9 Å². The molecule has 0 aliphatic carbocycles. The predicted molar refractivity (Wildman–Crippen MR) is 88.1 cm³/mol. The van der Waals surface area contributed by atoms with Gasteiger partial charge in [-0.2, -0.15) is 15.0 Å². The van der Waals surface area contributed by atoms with Crippen molar-refractivity contribution in [2.24, 2.45) is 0 Å². The Morgan fingerprint density at radius 2 is 1.52 bits per heavy atom. The molecule has 0 saturated carbocycles. The largest absolute Gasteiger partial charge is 0.493 e. The number of nitrogens with two attached hydrogens (primary N) is 2. The molecule has 8 nitrogen and oxygen atoms in total. The lowest BCUT2D eigenvalue weighted by molar-refractivity contribution is 0.308. The number of benzene rings is 1. The van der Waals surface area contributed by atoms with Crippen LogP contribution in [-0.4, -0.2) is 41.1 Å². The molecule has 0 aliphatic rings. The van der Waals surface area contributed by atoms with Gasteiger partial charge in [-0.1, -0.05) is 0 Å². The molecule has 23 heavy (non-hydrogen) atoms. The molecule has 1 heterocycles. The average molecular weight is 318 g/mol. The first-order valence-electron chi connectivity index (χ1n) is 7.09. The van der Waals surface area contributed by atoms with E-state index in [4.69, 9.17) is 20.9 Å². The van der Waals surface area contributed by atoms with Crippen LogP contribution in [0.5, 0.6) is 11.5 Å². The molecule has 0 fully saturated rings. The van der Waals surface area contributed by atoms with E-state index in [1.807, 2.05) is 26.1 Å². The third-order valence-corrected chi connectivity index (χ3v) is 3.41. The Labute approximate surface area is 135 Å². The minimum absolute atomic E-state index is 0.128. The predicted octanol–water partition coefficient (Wildman–Crippen LogP) is 0.994. The summed E-state index contributed by atoms with van der Waals surface area (Å²) in [6, 6.07) is 3.93. The van der Waals surface area contributed by atoms with Gasteiger partial charge in [0.25, 0.3) is 0 Å². The van der Waals surface area contributed by atoms with E-state index in [0.717, 1.165) is 16.9 Å². The highest BCUT2D eigenvalue weighted by atomic mass is 16.5. The molecule has 0 saturated heterocycles. The van der Waals surface area contributed by atoms with Crippen LogP contribution in [-0.2, 0) is 13.1 Å². The first-order valence-corrected chi connectivity index (χ1v) is 7.09. The summed E-state index contributed by atoms with van der Waals surface area (Å²) in [6.45, 7) is 3.23. The number of nitrogens with zero attached hydrogens (tertiary/aromatic N) is 4. The second kappa shape index (κ2) is 7.10. The van der Waals surface area contributed by atoms with Crippen molar-refractivity contribution < 1.29 is 9.47 Å². The molecule has 2 rings (SSSR count). The number of aryl methyl sites for hydroxylation is 1. The molecule has 2 aromatic rings. The Kier molecular flexibility index (Phi) is 5.17. The molecule has 0 atom stereocenters. The Bertz CT molecular complexity index is 672. The number of nitrogen functional groups attached to an aromatic ring is 2. The Morgan fingerprint density at radius 1 is 0.957 bits per heavy atom. The van der Waals surface area contributed by atoms with Gasteiger partial charge in [0.2, 0.25) is 11.9 Å². The minimum atomic E-state index is 0.128. The van der Waals surface area contributed by atoms with E-state index in [0.29, 0.717) is 24.7 Å². The summed E-state index contributed by atoms with van der Waals surface area (Å²) in [5, 5.41) is 0. The molecule has 0 aliphatic heterocycles. The highest BCUT2D eigenvalue weighted by Crippen LogP contribution is 2.30. The average Bonchev–Trinajstić information content (AvgIpc) is 2.47. The van der Waals surface area contributed by atoms with E-state index in [1.165, 1.54) is 0 Å². The van der Waals surface area contributed by atoms with Crippen LogP contribution in [0.25, 0.3) is 0 Å². The Morgan fingerprint density at radius 3 is 2.09 bits per heavy atom. The number of methoxy groups -OCH3 is 2. The molecule has 1 aromatic carbocycles. The van der Waals surface area contributed by atoms with Crippen molar-refractivity contribution >= 4 is 11.9 Å². The van der Waals surface area contributed by atoms with Crippen molar-refractivity contribution in [2.45, 2.75) is 20.0 Å². The second-order valence-electron chi connectivity index (χ2n) is 5.27. The lowest BCUT2D eigenvalue weighted by atomic mass is 10.1. The van der Waals surface area contributed by atoms with Crippen molar-refractivity contribution in [3.05, 3.63) is 29.1 Å². The molecule has 0 unspecified atom stereocenters. The van der Waals surface area contributed by atoms with Gasteiger partial charge in [0.1, 0.15) is 5.82 Å². The third-order valence-electron chi connectivity index (χ3n) is 3.41. The van der Waals surface area contributed by atoms with Crippen LogP contribution in [0.15, 0.2) is 12.1 Å². The zero-order valence-corrected chi connectivity index (χ0v) is 13.8. The molecule has 0 amide bonds. The second-order valence-corrected chi connectivity index (χ2v) is 5.27. The maximum absolute atomic E-state index is 5.59. The standard InChI is InChI=1S/C15H22N6O2/c1-9-5-11(22-3)12(23-4)6-10(9)7-21(2)8-13-18-14(16)20-15(17)19-13/h5-6H,7-8H2,1-4H3,(H4,16,17,18,19,20). The summed E-state index contributed by atoms with van der Waals surface area (Å²) in [7, 11) is 5.21. The highest BCUT2D eigenvalue weighted by Gasteiger charge is 2.12. The van der Waals surface area contributed by atoms with E-state index >= 15 is 0 Å². The Hall–Kier alpha value is -2.61. The summed E-state index contributed by atoms with van der Waals surface area (Å²) >= 11 is 0. The van der Waals surface area contributed by atoms with Crippen LogP contribution in [0.2, 0.25) is 0 Å². The third kappa shape index (κ3) is 4.19. The zero-order chi connectivity index (χ0) is 17.0. The molecule has 0 spiro atoms. The topological polar surface area (TPSA) is 112 Å². The van der Waals surface area contributed by atoms with Crippen molar-refractivity contribution in [1.82, 2.24) is 19.9 Å². The van der Waals surface area contributed by atoms with Crippen molar-refractivity contribution in [2.75, 3.05) is 32.7 Å². The van der Waals surface area contributed by atoms with E-state index in [-0.39, 0.29) is 11.9 Å². The first kappa shape index (κ1) is 16.8. The van der Waals surface area contributed by atoms with Crippen molar-refractivity contribution in [1.29, 1.82) is 0 Å². The van der Waals surface area contributed by atoms with Gasteiger partial charge in [-0.15, -0.1) is 0 Å². The first-order chi connectivity index (χ1) is 10.9. The molecule has 0 bridgehead atoms. The van der Waals surface area contributed by atoms with E-state index < -0.39 is 0 Å². The van der Waals surface area contributed by atoms with Crippen molar-refractivity contribution in [3.8, 4) is 11.5 Å². The van der Waals surface area contributed by atoms with Gasteiger partial charge in [-0.25, -0.2) is 0 Å². The maximum Gasteiger partial charge on any atom is 0.225 e. The maximum atomic E-state index is 5.59. The molecule has 124 valence electrons. The van der Waals surface area contributed by atoms with Gasteiger partial charge < -0.3 is 20.9 Å². The lowest BCUT2D eigenvalue weighted by Crippen LogP contribution is -2.20. The smallest absolute Gasteiger partial charge is 0.225 e. The molecular weight excluding hydrogens is 296 g/mol. The molecule has 1 aromatic heterocycles. The zero-order valence-electron chi connectivity index (χ0n) is 13.8. The molecular formula is C15H22N6O2. The van der Waals surface area contributed by atoms with Crippen LogP contribution in [0, 0.1) is 6.92 Å². The van der Waals surface area contributed by atoms with Gasteiger partial charge in [-0.3, -0.25) is 4.90 Å². The number of aromatic nitrogens is 3. The summed E-state index contributed by atoms with van der Waals surface area (Å²) in [5.41, 5.74) is 13.4. The van der Waals surface area contributed by atoms with E-state index in [1.54, 1.807) is 14.2 Å². The molecule has 4 N–H and O–H groups in total. The SMILES string of the molecule is COc1cc(C)c(CN(C)Cc2nc(N)nc(N)n2)cc1OC. The minimum Gasteiger partial charge on any atom is -0.493 e. The highest BCUT2D eigenvalue weighted by molar-refractivity contribution is 5.47. The number of anilines is 2. The fourth-order valence-corrected chi connectivity index (χ4v) is 2.31. The molecule has 0 radical (unpaired) electrons. The summed E-state index contributed by atoms with van der Waals surface area (Å²) in [6.07, 6.45) is 0. The van der Waals surface area contributed by atoms with Crippen LogP contribution in [0.3, 0.4) is 0 Å². The van der Waals surface area contributed by atoms with Gasteiger partial charge in [0.15, 0.2) is 11.5 Å². The number of ether oxygens (including phenoxy) is 2. The van der Waals surface area contributed by atoms with Gasteiger partial charge in [0, 0.05) is 6.54 Å². The fourth-order valence-electron chi connectivity index (χ4n) is 2.31. The summed E-state index contributed by atoms with van der Waals surface area (Å²) in [4.78, 5) is 14.0. The summed E-state index contributed by atoms with van der Waals surface area (Å²) < 4.78 is 10.7. The summed E-state index contributed by atoms with van der Waals surface area (Å²) in [5.74, 6) is 2.21. The van der Waals surface area contributed by atoms with E-state index in [9.17, 15) is 0 Å². The number of rotatable bonds is 6. The van der Waals surface area contributed by atoms with Gasteiger partial charge >= 0.3 is 0 Å². The van der Waals surface area contributed by atoms with Crippen LogP contribution in [0.4, 0.5) is 11.9 Å². The van der Waals surface area contributed by atoms with Gasteiger partial charge in [-0.05, 0) is 37.2 Å². The fraction of sp³-hybridized carbons (Fsp3) is 0.400. The van der Waals surface area contributed by atoms with Crippen LogP contribution < -0.4 is 20.9 Å². The molecule has 8 heteroatoms. The Balaban J connectivity index is 2.15. The normalized spacial score (nSPS) is 10.8. The van der Waals surface area contributed by atoms with Crippen LogP contribution >= 0.6 is 0 Å². The number of hydrogen-bond acceptors (Lipinski definition) is 8. The lowest BCUT2D eigenvalue weighted by Gasteiger charge is -2.19.